The maximum Gasteiger partial charge on any atom is 0.255 e. The van der Waals surface area contributed by atoms with Gasteiger partial charge in [-0.15, -0.1) is 0 Å². The molecule has 0 heterocycles. The van der Waals surface area contributed by atoms with Crippen LogP contribution < -0.4 is 15.9 Å². The van der Waals surface area contributed by atoms with E-state index in [0.29, 0.717) is 0 Å². The molecule has 3 N–H and O–H groups in total. The monoisotopic (exact) mass is 237 g/mol. The third-order valence-electron chi connectivity index (χ3n) is 2.39. The summed E-state index contributed by atoms with van der Waals surface area (Å²) in [6.45, 7) is 1.92. The molecule has 1 aromatic carbocycles. The Balaban J connectivity index is 2.85. The molecular weight excluding hydrogens is 218 g/mol. The number of methoxy groups -OCH3 is 1. The number of nitrogens with two attached hydrogens (primary N) is 1. The van der Waals surface area contributed by atoms with Crippen LogP contribution in [0.25, 0.3) is 0 Å². The first kappa shape index (κ1) is 13.5. The molecule has 0 bridgehead atoms. The molecule has 0 fully saturated rings. The minimum atomic E-state index is -0.679. The van der Waals surface area contributed by atoms with Gasteiger partial charge in [0.15, 0.2) is 0 Å². The van der Waals surface area contributed by atoms with Crippen molar-refractivity contribution in [3.05, 3.63) is 29.3 Å². The Morgan fingerprint density at radius 3 is 2.59 bits per heavy atom. The van der Waals surface area contributed by atoms with Crippen LogP contribution in [-0.2, 0) is 4.79 Å². The molecule has 0 aromatic heterocycles. The molecule has 1 atom stereocenters. The maximum absolute atomic E-state index is 11.7. The Kier molecular flexibility index (Phi) is 4.48. The molecule has 17 heavy (non-hydrogen) atoms. The van der Waals surface area contributed by atoms with Gasteiger partial charge in [0.25, 0.3) is 5.91 Å². The topological polar surface area (TPSA) is 67.6 Å². The summed E-state index contributed by atoms with van der Waals surface area (Å²) >= 11 is 0. The molecule has 0 aliphatic rings. The fourth-order valence-electron chi connectivity index (χ4n) is 1.54. The van der Waals surface area contributed by atoms with Gasteiger partial charge < -0.3 is 10.5 Å². The number of benzene rings is 1. The summed E-state index contributed by atoms with van der Waals surface area (Å²) < 4.78 is 5.16. The van der Waals surface area contributed by atoms with Gasteiger partial charge in [0.05, 0.1) is 7.11 Å². The molecule has 5 nitrogen and oxygen atoms in total. The van der Waals surface area contributed by atoms with E-state index in [9.17, 15) is 4.79 Å². The van der Waals surface area contributed by atoms with Crippen LogP contribution >= 0.6 is 0 Å². The van der Waals surface area contributed by atoms with Crippen LogP contribution in [-0.4, -0.2) is 32.1 Å². The lowest BCUT2D eigenvalue weighted by molar-refractivity contribution is -0.126. The van der Waals surface area contributed by atoms with Gasteiger partial charge in [-0.1, -0.05) is 12.1 Å². The van der Waals surface area contributed by atoms with Crippen molar-refractivity contribution in [1.29, 1.82) is 0 Å². The van der Waals surface area contributed by atoms with Gasteiger partial charge in [-0.05, 0) is 24.1 Å². The highest BCUT2D eigenvalue weighted by atomic mass is 16.5. The van der Waals surface area contributed by atoms with Gasteiger partial charge in [0.1, 0.15) is 11.8 Å². The molecule has 0 aliphatic carbocycles. The standard InChI is InChI=1S/C12H19N3O2/c1-8-7-9(5-6-10(8)17-4)11(13)12(16)14-15(2)3/h5-7,11H,13H2,1-4H3,(H,14,16). The molecule has 1 rings (SSSR count). The normalized spacial score (nSPS) is 12.4. The zero-order chi connectivity index (χ0) is 13.0. The Labute approximate surface area is 102 Å². The van der Waals surface area contributed by atoms with Gasteiger partial charge in [-0.2, -0.15) is 0 Å². The SMILES string of the molecule is COc1ccc(C(N)C(=O)NN(C)C)cc1C. The summed E-state index contributed by atoms with van der Waals surface area (Å²) in [5.74, 6) is 0.550. The third-order valence-corrected chi connectivity index (χ3v) is 2.39. The number of rotatable bonds is 4. The maximum atomic E-state index is 11.7. The Bertz CT molecular complexity index is 405. The molecule has 0 aliphatic heterocycles. The van der Waals surface area contributed by atoms with Gasteiger partial charge in [0, 0.05) is 14.1 Å². The van der Waals surface area contributed by atoms with Crippen LogP contribution in [0.2, 0.25) is 0 Å². The number of aryl methyl sites for hydroxylation is 1. The molecule has 1 amide bonds. The highest BCUT2D eigenvalue weighted by molar-refractivity contribution is 5.82. The van der Waals surface area contributed by atoms with E-state index >= 15 is 0 Å². The van der Waals surface area contributed by atoms with E-state index in [4.69, 9.17) is 10.5 Å². The molecule has 5 heteroatoms. The number of hydrogen-bond donors (Lipinski definition) is 2. The van der Waals surface area contributed by atoms with Crippen LogP contribution in [0.1, 0.15) is 17.2 Å². The van der Waals surface area contributed by atoms with Crippen LogP contribution in [0.15, 0.2) is 18.2 Å². The minimum absolute atomic E-state index is 0.237. The molecular formula is C12H19N3O2. The van der Waals surface area contributed by atoms with Crippen molar-refractivity contribution in [1.82, 2.24) is 10.4 Å². The number of carbonyl (C=O) groups is 1. The number of nitrogens with one attached hydrogen (secondary N) is 1. The summed E-state index contributed by atoms with van der Waals surface area (Å²) in [6.07, 6.45) is 0. The molecule has 94 valence electrons. The summed E-state index contributed by atoms with van der Waals surface area (Å²) in [5, 5.41) is 1.57. The van der Waals surface area contributed by atoms with E-state index < -0.39 is 6.04 Å². The van der Waals surface area contributed by atoms with E-state index in [1.54, 1.807) is 32.3 Å². The van der Waals surface area contributed by atoms with Gasteiger partial charge in [-0.25, -0.2) is 5.01 Å². The molecule has 0 spiro atoms. The smallest absolute Gasteiger partial charge is 0.255 e. The summed E-state index contributed by atoms with van der Waals surface area (Å²) in [5.41, 5.74) is 10.2. The predicted octanol–water partition coefficient (Wildman–Crippen LogP) is 0.596. The van der Waals surface area contributed by atoms with Crippen molar-refractivity contribution >= 4 is 5.91 Å². The summed E-state index contributed by atoms with van der Waals surface area (Å²) in [4.78, 5) is 11.7. The number of amides is 1. The van der Waals surface area contributed by atoms with Crippen molar-refractivity contribution in [3.63, 3.8) is 0 Å². The average molecular weight is 237 g/mol. The number of nitrogens with zero attached hydrogens (tertiary/aromatic N) is 1. The van der Waals surface area contributed by atoms with E-state index in [1.165, 1.54) is 0 Å². The number of carbonyl (C=O) groups excluding carboxylic acids is 1. The van der Waals surface area contributed by atoms with Crippen LogP contribution in [0.4, 0.5) is 0 Å². The first-order chi connectivity index (χ1) is 7.95. The largest absolute Gasteiger partial charge is 0.496 e. The van der Waals surface area contributed by atoms with Crippen molar-refractivity contribution in [2.45, 2.75) is 13.0 Å². The highest BCUT2D eigenvalue weighted by Crippen LogP contribution is 2.21. The molecule has 0 radical (unpaired) electrons. The lowest BCUT2D eigenvalue weighted by atomic mass is 10.0. The predicted molar refractivity (Wildman–Crippen MR) is 66.5 cm³/mol. The Hall–Kier alpha value is -1.59. The first-order valence-corrected chi connectivity index (χ1v) is 5.33. The second kappa shape index (κ2) is 5.65. The zero-order valence-corrected chi connectivity index (χ0v) is 10.7. The Morgan fingerprint density at radius 1 is 1.47 bits per heavy atom. The molecule has 1 aromatic rings. The van der Waals surface area contributed by atoms with Crippen LogP contribution in [0, 0.1) is 6.92 Å². The van der Waals surface area contributed by atoms with E-state index in [1.807, 2.05) is 19.1 Å². The number of hydrazine groups is 1. The van der Waals surface area contributed by atoms with Crippen molar-refractivity contribution in [2.24, 2.45) is 5.73 Å². The Morgan fingerprint density at radius 2 is 2.12 bits per heavy atom. The van der Waals surface area contributed by atoms with Crippen LogP contribution in [0.3, 0.4) is 0 Å². The average Bonchev–Trinajstić information content (AvgIpc) is 2.27. The third kappa shape index (κ3) is 3.44. The van der Waals surface area contributed by atoms with Gasteiger partial charge in [-0.3, -0.25) is 10.2 Å². The number of ether oxygens (including phenoxy) is 1. The lowest BCUT2D eigenvalue weighted by Crippen LogP contribution is -2.42. The molecule has 1 unspecified atom stereocenters. The minimum Gasteiger partial charge on any atom is -0.496 e. The molecule has 0 saturated heterocycles. The van der Waals surface area contributed by atoms with E-state index in [2.05, 4.69) is 5.43 Å². The highest BCUT2D eigenvalue weighted by Gasteiger charge is 2.16. The van der Waals surface area contributed by atoms with E-state index in [0.717, 1.165) is 16.9 Å². The van der Waals surface area contributed by atoms with Crippen LogP contribution in [0.5, 0.6) is 5.75 Å². The molecule has 0 saturated carbocycles. The second-order valence-corrected chi connectivity index (χ2v) is 4.08. The van der Waals surface area contributed by atoms with Crippen molar-refractivity contribution in [3.8, 4) is 5.75 Å². The van der Waals surface area contributed by atoms with Crippen molar-refractivity contribution < 1.29 is 9.53 Å². The number of hydrogen-bond acceptors (Lipinski definition) is 4. The summed E-state index contributed by atoms with van der Waals surface area (Å²) in [7, 11) is 5.09. The fraction of sp³-hybridized carbons (Fsp3) is 0.417. The van der Waals surface area contributed by atoms with Gasteiger partial charge in [0.2, 0.25) is 0 Å². The zero-order valence-electron chi connectivity index (χ0n) is 10.7. The van der Waals surface area contributed by atoms with Crippen molar-refractivity contribution in [2.75, 3.05) is 21.2 Å². The lowest BCUT2D eigenvalue weighted by Gasteiger charge is -2.17. The fourth-order valence-corrected chi connectivity index (χ4v) is 1.54. The van der Waals surface area contributed by atoms with Gasteiger partial charge >= 0.3 is 0 Å². The van der Waals surface area contributed by atoms with E-state index in [-0.39, 0.29) is 5.91 Å². The first-order valence-electron chi connectivity index (χ1n) is 5.33. The quantitative estimate of drug-likeness (QED) is 0.752. The summed E-state index contributed by atoms with van der Waals surface area (Å²) in [6, 6.07) is 4.79. The second-order valence-electron chi connectivity index (χ2n) is 4.08.